The summed E-state index contributed by atoms with van der Waals surface area (Å²) in [6.45, 7) is 1.78. The van der Waals surface area contributed by atoms with E-state index >= 15 is 0 Å². The smallest absolute Gasteiger partial charge is 0.264 e. The SMILES string of the molecule is O=C(c1cc2sccc2s1)N1CCC2CCC(C1)N2. The Balaban J connectivity index is 1.57. The van der Waals surface area contributed by atoms with Crippen molar-refractivity contribution in [2.45, 2.75) is 31.3 Å². The fourth-order valence-electron chi connectivity index (χ4n) is 3.15. The summed E-state index contributed by atoms with van der Waals surface area (Å²) in [6.07, 6.45) is 3.59. The quantitative estimate of drug-likeness (QED) is 0.876. The van der Waals surface area contributed by atoms with E-state index in [-0.39, 0.29) is 5.91 Å². The Morgan fingerprint density at radius 2 is 2.16 bits per heavy atom. The van der Waals surface area contributed by atoms with Crippen LogP contribution in [0.4, 0.5) is 0 Å². The number of carbonyl (C=O) groups excluding carboxylic acids is 1. The minimum absolute atomic E-state index is 0.225. The molecule has 4 heterocycles. The molecule has 0 saturated carbocycles. The van der Waals surface area contributed by atoms with Gasteiger partial charge >= 0.3 is 0 Å². The molecule has 2 bridgehead atoms. The Bertz CT molecular complexity index is 589. The minimum Gasteiger partial charge on any atom is -0.336 e. The van der Waals surface area contributed by atoms with E-state index in [0.717, 1.165) is 24.4 Å². The Morgan fingerprint density at radius 1 is 1.26 bits per heavy atom. The van der Waals surface area contributed by atoms with Gasteiger partial charge in [-0.25, -0.2) is 0 Å². The van der Waals surface area contributed by atoms with E-state index < -0.39 is 0 Å². The van der Waals surface area contributed by atoms with Crippen molar-refractivity contribution in [1.82, 2.24) is 10.2 Å². The molecule has 100 valence electrons. The Labute approximate surface area is 120 Å². The Morgan fingerprint density at radius 3 is 3.05 bits per heavy atom. The molecule has 1 amide bonds. The molecule has 2 fully saturated rings. The molecule has 2 saturated heterocycles. The second-order valence-corrected chi connectivity index (χ2v) is 7.47. The third-order valence-corrected chi connectivity index (χ3v) is 6.24. The molecule has 0 spiro atoms. The van der Waals surface area contributed by atoms with Gasteiger partial charge in [-0.15, -0.1) is 22.7 Å². The van der Waals surface area contributed by atoms with E-state index in [2.05, 4.69) is 22.8 Å². The summed E-state index contributed by atoms with van der Waals surface area (Å²) in [6, 6.07) is 5.31. The third-order valence-electron chi connectivity index (χ3n) is 4.16. The molecule has 2 unspecified atom stereocenters. The molecule has 4 rings (SSSR count). The van der Waals surface area contributed by atoms with Crippen LogP contribution in [-0.2, 0) is 0 Å². The maximum absolute atomic E-state index is 12.6. The van der Waals surface area contributed by atoms with Crippen LogP contribution in [0.25, 0.3) is 9.40 Å². The molecule has 2 aliphatic heterocycles. The average molecular weight is 292 g/mol. The number of nitrogens with one attached hydrogen (secondary N) is 1. The van der Waals surface area contributed by atoms with E-state index in [1.807, 2.05) is 4.90 Å². The van der Waals surface area contributed by atoms with Crippen molar-refractivity contribution < 1.29 is 4.79 Å². The maximum Gasteiger partial charge on any atom is 0.264 e. The molecule has 0 aliphatic carbocycles. The molecule has 0 radical (unpaired) electrons. The highest BCUT2D eigenvalue weighted by molar-refractivity contribution is 7.27. The first-order valence-corrected chi connectivity index (χ1v) is 8.51. The van der Waals surface area contributed by atoms with E-state index in [1.165, 1.54) is 22.2 Å². The van der Waals surface area contributed by atoms with Gasteiger partial charge in [0.05, 0.1) is 4.88 Å². The molecular formula is C14H16N2OS2. The highest BCUT2D eigenvalue weighted by atomic mass is 32.1. The predicted molar refractivity (Wildman–Crippen MR) is 80.2 cm³/mol. The van der Waals surface area contributed by atoms with E-state index in [1.54, 1.807) is 22.7 Å². The molecule has 19 heavy (non-hydrogen) atoms. The molecule has 3 nitrogen and oxygen atoms in total. The van der Waals surface area contributed by atoms with Gasteiger partial charge in [0.25, 0.3) is 5.91 Å². The number of amides is 1. The summed E-state index contributed by atoms with van der Waals surface area (Å²) < 4.78 is 2.48. The number of rotatable bonds is 1. The van der Waals surface area contributed by atoms with Gasteiger partial charge in [0.2, 0.25) is 0 Å². The molecule has 2 aliphatic rings. The monoisotopic (exact) mass is 292 g/mol. The number of hydrogen-bond donors (Lipinski definition) is 1. The van der Waals surface area contributed by atoms with Crippen molar-refractivity contribution in [1.29, 1.82) is 0 Å². The van der Waals surface area contributed by atoms with Crippen molar-refractivity contribution in [2.24, 2.45) is 0 Å². The van der Waals surface area contributed by atoms with Crippen molar-refractivity contribution in [3.63, 3.8) is 0 Å². The number of carbonyl (C=O) groups is 1. The molecule has 5 heteroatoms. The minimum atomic E-state index is 0.225. The number of nitrogens with zero attached hydrogens (tertiary/aromatic N) is 1. The highest BCUT2D eigenvalue weighted by Crippen LogP contribution is 2.31. The van der Waals surface area contributed by atoms with Crippen LogP contribution in [-0.4, -0.2) is 36.0 Å². The summed E-state index contributed by atoms with van der Waals surface area (Å²) >= 11 is 3.35. The number of fused-ring (bicyclic) bond motifs is 3. The van der Waals surface area contributed by atoms with Crippen LogP contribution in [0.15, 0.2) is 17.5 Å². The lowest BCUT2D eigenvalue weighted by molar-refractivity contribution is 0.0753. The first kappa shape index (κ1) is 11.9. The van der Waals surface area contributed by atoms with Crippen LogP contribution in [0.1, 0.15) is 28.9 Å². The molecule has 2 aromatic heterocycles. The normalized spacial score (nSPS) is 26.8. The Hall–Kier alpha value is -0.910. The topological polar surface area (TPSA) is 32.3 Å². The van der Waals surface area contributed by atoms with Crippen LogP contribution < -0.4 is 5.32 Å². The lowest BCUT2D eigenvalue weighted by Gasteiger charge is -2.23. The van der Waals surface area contributed by atoms with Crippen LogP contribution >= 0.6 is 22.7 Å². The number of likely N-dealkylation sites (tertiary alicyclic amines) is 1. The highest BCUT2D eigenvalue weighted by Gasteiger charge is 2.31. The molecule has 1 N–H and O–H groups in total. The standard InChI is InChI=1S/C14H16N2OS2/c17-14(13-7-12-11(19-13)4-6-18-12)16-5-3-9-1-2-10(8-16)15-9/h4,6-7,9-10,15H,1-3,5,8H2. The van der Waals surface area contributed by atoms with Gasteiger partial charge in [-0.3, -0.25) is 4.79 Å². The lowest BCUT2D eigenvalue weighted by atomic mass is 10.1. The fraction of sp³-hybridized carbons (Fsp3) is 0.500. The van der Waals surface area contributed by atoms with Crippen LogP contribution in [0, 0.1) is 0 Å². The van der Waals surface area contributed by atoms with Gasteiger partial charge in [0, 0.05) is 34.6 Å². The van der Waals surface area contributed by atoms with Gasteiger partial charge in [0.1, 0.15) is 0 Å². The fourth-order valence-corrected chi connectivity index (χ4v) is 5.23. The summed E-state index contributed by atoms with van der Waals surface area (Å²) in [5.74, 6) is 0.225. The van der Waals surface area contributed by atoms with Gasteiger partial charge in [-0.2, -0.15) is 0 Å². The largest absolute Gasteiger partial charge is 0.336 e. The van der Waals surface area contributed by atoms with Gasteiger partial charge < -0.3 is 10.2 Å². The first-order valence-electron chi connectivity index (χ1n) is 6.82. The first-order chi connectivity index (χ1) is 9.29. The van der Waals surface area contributed by atoms with Gasteiger partial charge in [-0.1, -0.05) is 0 Å². The van der Waals surface area contributed by atoms with Crippen molar-refractivity contribution in [3.05, 3.63) is 22.4 Å². The van der Waals surface area contributed by atoms with Gasteiger partial charge in [0.15, 0.2) is 0 Å². The second-order valence-electron chi connectivity index (χ2n) is 5.44. The summed E-state index contributed by atoms with van der Waals surface area (Å²) in [4.78, 5) is 15.6. The van der Waals surface area contributed by atoms with Crippen LogP contribution in [0.2, 0.25) is 0 Å². The van der Waals surface area contributed by atoms with Gasteiger partial charge in [-0.05, 0) is 36.8 Å². The average Bonchev–Trinajstić information content (AvgIpc) is 3.02. The lowest BCUT2D eigenvalue weighted by Crippen LogP contribution is -2.38. The van der Waals surface area contributed by atoms with E-state index in [9.17, 15) is 4.79 Å². The predicted octanol–water partition coefficient (Wildman–Crippen LogP) is 2.93. The molecule has 2 aromatic rings. The van der Waals surface area contributed by atoms with Crippen LogP contribution in [0.5, 0.6) is 0 Å². The zero-order valence-corrected chi connectivity index (χ0v) is 12.2. The zero-order chi connectivity index (χ0) is 12.8. The molecular weight excluding hydrogens is 276 g/mol. The van der Waals surface area contributed by atoms with E-state index in [4.69, 9.17) is 0 Å². The zero-order valence-electron chi connectivity index (χ0n) is 10.6. The Kier molecular flexibility index (Phi) is 2.86. The molecule has 2 atom stereocenters. The molecule has 0 aromatic carbocycles. The van der Waals surface area contributed by atoms with Crippen LogP contribution in [0.3, 0.4) is 0 Å². The van der Waals surface area contributed by atoms with Crippen molar-refractivity contribution >= 4 is 38.0 Å². The summed E-state index contributed by atoms with van der Waals surface area (Å²) in [7, 11) is 0. The third kappa shape index (κ3) is 2.10. The second kappa shape index (κ2) is 4.58. The van der Waals surface area contributed by atoms with Crippen molar-refractivity contribution in [2.75, 3.05) is 13.1 Å². The summed E-state index contributed by atoms with van der Waals surface area (Å²) in [5, 5.41) is 5.71. The van der Waals surface area contributed by atoms with E-state index in [0.29, 0.717) is 12.1 Å². The number of hydrogen-bond acceptors (Lipinski definition) is 4. The summed E-state index contributed by atoms with van der Waals surface area (Å²) in [5.41, 5.74) is 0. The number of thiophene rings is 2. The van der Waals surface area contributed by atoms with Crippen molar-refractivity contribution in [3.8, 4) is 0 Å². The maximum atomic E-state index is 12.6.